The van der Waals surface area contributed by atoms with Crippen molar-refractivity contribution in [3.05, 3.63) is 130 Å². The van der Waals surface area contributed by atoms with Gasteiger partial charge in [-0.25, -0.2) is 14.2 Å². The highest BCUT2D eigenvalue weighted by molar-refractivity contribution is 9.10. The number of benzene rings is 4. The van der Waals surface area contributed by atoms with E-state index in [4.69, 9.17) is 5.73 Å². The molecule has 0 spiro atoms. The lowest BCUT2D eigenvalue weighted by Gasteiger charge is -2.04. The standard InChI is InChI=1S/C18H14BrN5O.C18H13BrN4O2/c1-23-10-12(9-21-23)11-5-6-16-15(7-11)17(18(20)25)22-24(16)14-4-2-3-13(19)8-14;1-22-10-12(9-20-22)11-5-6-16-15(7-11)17(18(24)25)21-23(16)14-4-2-3-13(19)8-14/h2-10H,1H3,(H2,20,25);2-10H,1H3,(H,24,25). The van der Waals surface area contributed by atoms with Crippen LogP contribution in [0.1, 0.15) is 21.0 Å². The van der Waals surface area contributed by atoms with Crippen molar-refractivity contribution in [3.63, 3.8) is 0 Å². The third kappa shape index (κ3) is 6.33. The second-order valence-corrected chi connectivity index (χ2v) is 13.3. The fourth-order valence-corrected chi connectivity index (χ4v) is 6.46. The van der Waals surface area contributed by atoms with E-state index >= 15 is 0 Å². The van der Waals surface area contributed by atoms with Gasteiger partial charge in [0.15, 0.2) is 11.4 Å². The smallest absolute Gasteiger partial charge is 0.357 e. The summed E-state index contributed by atoms with van der Waals surface area (Å²) in [7, 11) is 3.71. The van der Waals surface area contributed by atoms with Gasteiger partial charge < -0.3 is 10.8 Å². The minimum Gasteiger partial charge on any atom is -0.476 e. The summed E-state index contributed by atoms with van der Waals surface area (Å²) in [4.78, 5) is 23.6. The molecule has 248 valence electrons. The maximum atomic E-state index is 11.9. The topological polar surface area (TPSA) is 152 Å². The van der Waals surface area contributed by atoms with Crippen LogP contribution in [0.25, 0.3) is 55.4 Å². The predicted molar refractivity (Wildman–Crippen MR) is 197 cm³/mol. The van der Waals surface area contributed by atoms with Crippen LogP contribution in [0.5, 0.6) is 0 Å². The van der Waals surface area contributed by atoms with Crippen molar-refractivity contribution in [2.75, 3.05) is 0 Å². The van der Waals surface area contributed by atoms with Crippen LogP contribution in [0.4, 0.5) is 0 Å². The van der Waals surface area contributed by atoms with Crippen LogP contribution < -0.4 is 5.73 Å². The zero-order valence-corrected chi connectivity index (χ0v) is 29.7. The number of amides is 1. The molecule has 0 unspecified atom stereocenters. The average molecular weight is 793 g/mol. The number of hydrogen-bond acceptors (Lipinski definition) is 6. The van der Waals surface area contributed by atoms with Crippen LogP contribution in [-0.2, 0) is 14.1 Å². The summed E-state index contributed by atoms with van der Waals surface area (Å²) in [6, 6.07) is 26.8. The van der Waals surface area contributed by atoms with E-state index in [-0.39, 0.29) is 11.4 Å². The van der Waals surface area contributed by atoms with Gasteiger partial charge in [-0.15, -0.1) is 0 Å². The highest BCUT2D eigenvalue weighted by atomic mass is 79.9. The number of nitrogens with zero attached hydrogens (tertiary/aromatic N) is 8. The van der Waals surface area contributed by atoms with Crippen LogP contribution in [0.15, 0.2) is 119 Å². The number of carboxylic acid groups (broad SMARTS) is 1. The second-order valence-electron chi connectivity index (χ2n) is 11.4. The second kappa shape index (κ2) is 13.2. The Balaban J connectivity index is 0.000000157. The monoisotopic (exact) mass is 791 g/mol. The lowest BCUT2D eigenvalue weighted by Crippen LogP contribution is -2.12. The number of carboxylic acids is 1. The van der Waals surface area contributed by atoms with Crippen LogP contribution in [0.2, 0.25) is 0 Å². The minimum atomic E-state index is -1.05. The number of primary amides is 1. The van der Waals surface area contributed by atoms with Crippen LogP contribution in [-0.4, -0.2) is 56.1 Å². The molecular formula is C36H27Br2N9O3. The number of nitrogens with two attached hydrogens (primary N) is 1. The molecular weight excluding hydrogens is 766 g/mol. The Morgan fingerprint density at radius 3 is 1.50 bits per heavy atom. The van der Waals surface area contributed by atoms with E-state index in [2.05, 4.69) is 52.3 Å². The number of fused-ring (bicyclic) bond motifs is 2. The summed E-state index contributed by atoms with van der Waals surface area (Å²) in [5.74, 6) is -1.61. The fraction of sp³-hybridized carbons (Fsp3) is 0.0556. The molecule has 0 saturated heterocycles. The van der Waals surface area contributed by atoms with Crippen molar-refractivity contribution in [1.82, 2.24) is 39.1 Å². The molecule has 4 aromatic heterocycles. The fourth-order valence-electron chi connectivity index (χ4n) is 5.69. The van der Waals surface area contributed by atoms with Crippen LogP contribution >= 0.6 is 31.9 Å². The lowest BCUT2D eigenvalue weighted by atomic mass is 10.1. The third-order valence-electron chi connectivity index (χ3n) is 7.98. The van der Waals surface area contributed by atoms with E-state index in [1.54, 1.807) is 31.1 Å². The summed E-state index contributed by atoms with van der Waals surface area (Å²) in [6.45, 7) is 0. The SMILES string of the molecule is Cn1cc(-c2ccc3c(c2)c(C(=O)O)nn3-c2cccc(Br)c2)cn1.Cn1cc(-c2ccc3c(c2)c(C(N)=O)nn3-c2cccc(Br)c2)cn1. The summed E-state index contributed by atoms with van der Waals surface area (Å²) >= 11 is 6.90. The number of carbonyl (C=O) groups is 2. The molecule has 12 nitrogen and oxygen atoms in total. The quantitative estimate of drug-likeness (QED) is 0.181. The molecule has 4 heterocycles. The summed E-state index contributed by atoms with van der Waals surface area (Å²) in [5, 5.41) is 28.0. The van der Waals surface area contributed by atoms with Crippen molar-refractivity contribution < 1.29 is 14.7 Å². The maximum Gasteiger partial charge on any atom is 0.357 e. The van der Waals surface area contributed by atoms with Gasteiger partial charge in [-0.2, -0.15) is 20.4 Å². The molecule has 0 aliphatic heterocycles. The Kier molecular flexibility index (Phi) is 8.64. The zero-order valence-electron chi connectivity index (χ0n) is 26.6. The Morgan fingerprint density at radius 1 is 0.640 bits per heavy atom. The number of aryl methyl sites for hydroxylation is 2. The molecule has 0 atom stereocenters. The van der Waals surface area contributed by atoms with Crippen molar-refractivity contribution in [1.29, 1.82) is 0 Å². The van der Waals surface area contributed by atoms with Gasteiger partial charge in [-0.1, -0.05) is 56.1 Å². The Morgan fingerprint density at radius 2 is 1.10 bits per heavy atom. The summed E-state index contributed by atoms with van der Waals surface area (Å²) in [6.07, 6.45) is 7.34. The summed E-state index contributed by atoms with van der Waals surface area (Å²) in [5.41, 5.74) is 12.8. The molecule has 0 saturated carbocycles. The van der Waals surface area contributed by atoms with Gasteiger partial charge in [0.25, 0.3) is 5.91 Å². The largest absolute Gasteiger partial charge is 0.476 e. The number of aromatic carboxylic acids is 1. The Hall–Kier alpha value is -5.86. The third-order valence-corrected chi connectivity index (χ3v) is 8.96. The van der Waals surface area contributed by atoms with Gasteiger partial charge in [0.05, 0.1) is 34.8 Å². The van der Waals surface area contributed by atoms with Gasteiger partial charge in [0.2, 0.25) is 0 Å². The molecule has 8 aromatic rings. The molecule has 14 heteroatoms. The van der Waals surface area contributed by atoms with Crippen molar-refractivity contribution >= 4 is 65.5 Å². The van der Waals surface area contributed by atoms with Crippen LogP contribution in [0, 0.1) is 0 Å². The highest BCUT2D eigenvalue weighted by Crippen LogP contribution is 2.30. The number of hydrogen-bond donors (Lipinski definition) is 2. The maximum absolute atomic E-state index is 11.9. The minimum absolute atomic E-state index is 0.0284. The van der Waals surface area contributed by atoms with E-state index in [9.17, 15) is 14.7 Å². The van der Waals surface area contributed by atoms with E-state index in [0.29, 0.717) is 10.8 Å². The first-order valence-corrected chi connectivity index (χ1v) is 16.7. The number of halogens is 2. The van der Waals surface area contributed by atoms with Crippen molar-refractivity contribution in [2.24, 2.45) is 19.8 Å². The molecule has 0 bridgehead atoms. The van der Waals surface area contributed by atoms with Gasteiger partial charge in [0, 0.05) is 57.3 Å². The molecule has 0 radical (unpaired) electrons. The van der Waals surface area contributed by atoms with E-state index in [0.717, 1.165) is 53.6 Å². The van der Waals surface area contributed by atoms with Gasteiger partial charge in [0.1, 0.15) is 0 Å². The van der Waals surface area contributed by atoms with E-state index < -0.39 is 11.9 Å². The molecule has 0 aliphatic carbocycles. The lowest BCUT2D eigenvalue weighted by molar-refractivity contribution is 0.0691. The molecule has 0 fully saturated rings. The zero-order chi connectivity index (χ0) is 35.1. The first kappa shape index (κ1) is 32.7. The first-order valence-electron chi connectivity index (χ1n) is 15.1. The highest BCUT2D eigenvalue weighted by Gasteiger charge is 2.19. The van der Waals surface area contributed by atoms with Gasteiger partial charge >= 0.3 is 5.97 Å². The van der Waals surface area contributed by atoms with Crippen molar-refractivity contribution in [2.45, 2.75) is 0 Å². The normalized spacial score (nSPS) is 11.1. The van der Waals surface area contributed by atoms with Crippen molar-refractivity contribution in [3.8, 4) is 33.6 Å². The predicted octanol–water partition coefficient (Wildman–Crippen LogP) is 7.17. The number of rotatable bonds is 6. The van der Waals surface area contributed by atoms with E-state index in [1.807, 2.05) is 111 Å². The van der Waals surface area contributed by atoms with Gasteiger partial charge in [-0.3, -0.25) is 14.2 Å². The van der Waals surface area contributed by atoms with E-state index in [1.165, 1.54) is 0 Å². The molecule has 1 amide bonds. The van der Waals surface area contributed by atoms with Gasteiger partial charge in [-0.05, 0) is 71.8 Å². The molecule has 4 aromatic carbocycles. The first-order chi connectivity index (χ1) is 24.0. The van der Waals surface area contributed by atoms with Crippen LogP contribution in [0.3, 0.4) is 0 Å². The Labute approximate surface area is 301 Å². The summed E-state index contributed by atoms with van der Waals surface area (Å²) < 4.78 is 8.66. The number of aromatic nitrogens is 8. The Bertz CT molecular complexity index is 2400. The molecule has 0 aliphatic rings. The number of carbonyl (C=O) groups excluding carboxylic acids is 1. The molecule has 3 N–H and O–H groups in total. The molecule has 50 heavy (non-hydrogen) atoms. The molecule has 8 rings (SSSR count). The average Bonchev–Trinajstić information content (AvgIpc) is 3.89.